The van der Waals surface area contributed by atoms with Gasteiger partial charge in [0, 0.05) is 30.4 Å². The predicted octanol–water partition coefficient (Wildman–Crippen LogP) is 3.69. The van der Waals surface area contributed by atoms with Crippen LogP contribution in [0.4, 0.5) is 5.69 Å². The second-order valence-electron chi connectivity index (χ2n) is 9.47. The number of anilines is 1. The third-order valence-corrected chi connectivity index (χ3v) is 7.53. The van der Waals surface area contributed by atoms with Gasteiger partial charge in [0.25, 0.3) is 0 Å². The van der Waals surface area contributed by atoms with E-state index >= 15 is 0 Å². The van der Waals surface area contributed by atoms with Crippen LogP contribution in [-0.4, -0.2) is 53.5 Å². The Kier molecular flexibility index (Phi) is 4.86. The summed E-state index contributed by atoms with van der Waals surface area (Å²) >= 11 is 6.52. The van der Waals surface area contributed by atoms with E-state index < -0.39 is 11.5 Å². The number of piperidine rings is 2. The molecule has 6 nitrogen and oxygen atoms in total. The molecule has 3 N–H and O–H groups in total. The molecule has 0 radical (unpaired) electrons. The van der Waals surface area contributed by atoms with Crippen molar-refractivity contribution >= 4 is 28.9 Å². The van der Waals surface area contributed by atoms with Gasteiger partial charge in [-0.1, -0.05) is 18.5 Å². The molecule has 1 aromatic carbocycles. The van der Waals surface area contributed by atoms with Crippen molar-refractivity contribution in [2.75, 3.05) is 19.5 Å². The Labute approximate surface area is 177 Å². The second kappa shape index (κ2) is 6.88. The molecule has 2 heterocycles. The second-order valence-corrected chi connectivity index (χ2v) is 9.85. The Balaban J connectivity index is 1.62. The molecule has 7 heteroatoms. The summed E-state index contributed by atoms with van der Waals surface area (Å²) in [5.41, 5.74) is 0.863. The fourth-order valence-corrected chi connectivity index (χ4v) is 6.55. The van der Waals surface area contributed by atoms with Crippen molar-refractivity contribution in [2.24, 2.45) is 11.3 Å². The zero-order valence-electron chi connectivity index (χ0n) is 17.5. The maximum absolute atomic E-state index is 13.5. The number of nitrogens with one attached hydrogen (secondary N) is 2. The summed E-state index contributed by atoms with van der Waals surface area (Å²) in [6.45, 7) is 4.01. The Bertz CT molecular complexity index is 835. The molecule has 3 unspecified atom stereocenters. The molecular weight excluding hydrogens is 390 g/mol. The molecule has 4 fully saturated rings. The Morgan fingerprint density at radius 1 is 1.34 bits per heavy atom. The van der Waals surface area contributed by atoms with Crippen LogP contribution in [-0.2, 0) is 4.79 Å². The van der Waals surface area contributed by atoms with Crippen LogP contribution >= 0.6 is 11.6 Å². The highest BCUT2D eigenvalue weighted by atomic mass is 35.5. The van der Waals surface area contributed by atoms with Crippen LogP contribution in [0.25, 0.3) is 0 Å². The van der Waals surface area contributed by atoms with Crippen LogP contribution in [0.3, 0.4) is 0 Å². The van der Waals surface area contributed by atoms with E-state index in [2.05, 4.69) is 12.2 Å². The SMILES string of the molecule is CNc1ccc(OC)c(Cl)c1C(=N)C(C)C(=O)N1C2CC3(C)CC1CC(O)(C2)C3. The lowest BCUT2D eigenvalue weighted by atomic mass is 9.54. The first-order chi connectivity index (χ1) is 13.6. The minimum atomic E-state index is -0.635. The molecule has 2 saturated carbocycles. The number of carbonyl (C=O) groups excluding carboxylic acids is 1. The van der Waals surface area contributed by atoms with Gasteiger partial charge < -0.3 is 25.5 Å². The summed E-state index contributed by atoms with van der Waals surface area (Å²) in [4.78, 5) is 15.5. The average molecular weight is 420 g/mol. The average Bonchev–Trinajstić information content (AvgIpc) is 2.63. The molecule has 29 heavy (non-hydrogen) atoms. The summed E-state index contributed by atoms with van der Waals surface area (Å²) in [6, 6.07) is 3.67. The van der Waals surface area contributed by atoms with Crippen LogP contribution in [0.2, 0.25) is 5.02 Å². The van der Waals surface area contributed by atoms with Crippen molar-refractivity contribution in [1.82, 2.24) is 4.90 Å². The van der Waals surface area contributed by atoms with Gasteiger partial charge in [-0.2, -0.15) is 0 Å². The smallest absolute Gasteiger partial charge is 0.231 e. The third-order valence-electron chi connectivity index (χ3n) is 7.15. The molecule has 0 spiro atoms. The molecule has 1 aromatic rings. The molecule has 158 valence electrons. The maximum Gasteiger partial charge on any atom is 0.231 e. The number of rotatable bonds is 5. The van der Waals surface area contributed by atoms with E-state index in [1.165, 1.54) is 7.11 Å². The van der Waals surface area contributed by atoms with Gasteiger partial charge in [0.15, 0.2) is 0 Å². The highest BCUT2D eigenvalue weighted by Crippen LogP contribution is 2.57. The summed E-state index contributed by atoms with van der Waals surface area (Å²) < 4.78 is 5.31. The quantitative estimate of drug-likeness (QED) is 0.635. The number of hydrogen-bond acceptors (Lipinski definition) is 5. The molecule has 5 rings (SSSR count). The van der Waals surface area contributed by atoms with Crippen molar-refractivity contribution in [1.29, 1.82) is 5.41 Å². The molecule has 4 aliphatic rings. The van der Waals surface area contributed by atoms with Gasteiger partial charge in [0.2, 0.25) is 5.91 Å². The summed E-state index contributed by atoms with van der Waals surface area (Å²) in [6.07, 6.45) is 3.99. The van der Waals surface area contributed by atoms with Crippen molar-refractivity contribution in [3.05, 3.63) is 22.7 Å². The lowest BCUT2D eigenvalue weighted by Crippen LogP contribution is -2.69. The first-order valence-electron chi connectivity index (χ1n) is 10.3. The molecular formula is C22H30ClN3O3. The summed E-state index contributed by atoms with van der Waals surface area (Å²) in [7, 11) is 3.30. The minimum absolute atomic E-state index is 0.0445. The lowest BCUT2D eigenvalue weighted by molar-refractivity contribution is -0.194. The third kappa shape index (κ3) is 3.21. The van der Waals surface area contributed by atoms with Gasteiger partial charge in [-0.3, -0.25) is 4.79 Å². The molecule has 0 aromatic heterocycles. The van der Waals surface area contributed by atoms with E-state index in [9.17, 15) is 9.90 Å². The minimum Gasteiger partial charge on any atom is -0.495 e. The molecule has 2 aliphatic heterocycles. The number of amides is 1. The van der Waals surface area contributed by atoms with Crippen molar-refractivity contribution in [3.63, 3.8) is 0 Å². The van der Waals surface area contributed by atoms with Gasteiger partial charge in [-0.05, 0) is 56.6 Å². The summed E-state index contributed by atoms with van der Waals surface area (Å²) in [5.74, 6) is -0.196. The molecule has 2 aliphatic carbocycles. The molecule has 3 atom stereocenters. The van der Waals surface area contributed by atoms with Gasteiger partial charge in [0.1, 0.15) is 5.75 Å². The van der Waals surface area contributed by atoms with E-state index in [1.807, 2.05) is 11.0 Å². The van der Waals surface area contributed by atoms with Gasteiger partial charge in [-0.15, -0.1) is 0 Å². The number of ether oxygens (including phenoxy) is 1. The predicted molar refractivity (Wildman–Crippen MR) is 114 cm³/mol. The standard InChI is InChI=1S/C22H30ClN3O3/c1-12(19(24)17-15(25-3)5-6-16(29-4)18(17)23)20(27)26-13-7-21(2)8-14(26)10-22(28,9-13)11-21/h5-6,12-14,24-25,28H,7-11H2,1-4H3. The first kappa shape index (κ1) is 20.5. The van der Waals surface area contributed by atoms with Crippen LogP contribution < -0.4 is 10.1 Å². The van der Waals surface area contributed by atoms with Crippen molar-refractivity contribution in [2.45, 2.75) is 63.6 Å². The fraction of sp³-hybridized carbons (Fsp3) is 0.636. The van der Waals surface area contributed by atoms with E-state index in [-0.39, 0.29) is 29.1 Å². The first-order valence-corrected chi connectivity index (χ1v) is 10.7. The number of methoxy groups -OCH3 is 1. The van der Waals surface area contributed by atoms with Crippen LogP contribution in [0.5, 0.6) is 5.75 Å². The van der Waals surface area contributed by atoms with E-state index in [0.717, 1.165) is 19.3 Å². The summed E-state index contributed by atoms with van der Waals surface area (Å²) in [5, 5.41) is 23.1. The van der Waals surface area contributed by atoms with Gasteiger partial charge in [-0.25, -0.2) is 0 Å². The van der Waals surface area contributed by atoms with Crippen LogP contribution in [0.15, 0.2) is 12.1 Å². The lowest BCUT2D eigenvalue weighted by Gasteiger charge is -2.63. The van der Waals surface area contributed by atoms with Crippen LogP contribution in [0, 0.1) is 16.7 Å². The Morgan fingerprint density at radius 3 is 2.48 bits per heavy atom. The zero-order chi connectivity index (χ0) is 21.1. The molecule has 4 bridgehead atoms. The van der Waals surface area contributed by atoms with E-state index in [4.69, 9.17) is 21.7 Å². The van der Waals surface area contributed by atoms with Gasteiger partial charge in [0.05, 0.1) is 29.4 Å². The van der Waals surface area contributed by atoms with Crippen LogP contribution in [0.1, 0.15) is 51.5 Å². The fourth-order valence-electron chi connectivity index (χ4n) is 6.21. The van der Waals surface area contributed by atoms with E-state index in [0.29, 0.717) is 34.9 Å². The highest BCUT2D eigenvalue weighted by molar-refractivity contribution is 6.37. The number of aliphatic hydroxyl groups is 1. The molecule has 1 amide bonds. The van der Waals surface area contributed by atoms with Crippen molar-refractivity contribution < 1.29 is 14.6 Å². The number of halogens is 1. The maximum atomic E-state index is 13.5. The van der Waals surface area contributed by atoms with Crippen molar-refractivity contribution in [3.8, 4) is 5.75 Å². The number of carbonyl (C=O) groups is 1. The number of benzene rings is 1. The normalized spacial score (nSPS) is 33.5. The zero-order valence-corrected chi connectivity index (χ0v) is 18.3. The monoisotopic (exact) mass is 419 g/mol. The Hall–Kier alpha value is -1.79. The van der Waals surface area contributed by atoms with Gasteiger partial charge >= 0.3 is 0 Å². The topological polar surface area (TPSA) is 85.7 Å². The number of hydrogen-bond donors (Lipinski definition) is 3. The largest absolute Gasteiger partial charge is 0.495 e. The number of nitrogens with zero attached hydrogens (tertiary/aromatic N) is 1. The van der Waals surface area contributed by atoms with E-state index in [1.54, 1.807) is 20.0 Å². The molecule has 2 saturated heterocycles. The Morgan fingerprint density at radius 2 is 1.97 bits per heavy atom. The highest BCUT2D eigenvalue weighted by Gasteiger charge is 2.59.